The number of nitrogens with one attached hydrogen (secondary N) is 1. The third-order valence-corrected chi connectivity index (χ3v) is 2.91. The van der Waals surface area contributed by atoms with Crippen LogP contribution in [0, 0.1) is 6.92 Å². The summed E-state index contributed by atoms with van der Waals surface area (Å²) in [5.41, 5.74) is 2.43. The number of rotatable bonds is 2. The van der Waals surface area contributed by atoms with E-state index in [1.807, 2.05) is 37.3 Å². The van der Waals surface area contributed by atoms with Crippen LogP contribution in [0.3, 0.4) is 0 Å². The molecule has 0 bridgehead atoms. The number of aryl methyl sites for hydroxylation is 1. The maximum atomic E-state index is 5.84. The number of benzene rings is 1. The summed E-state index contributed by atoms with van der Waals surface area (Å²) < 4.78 is 5.38. The van der Waals surface area contributed by atoms with E-state index in [1.165, 1.54) is 0 Å². The summed E-state index contributed by atoms with van der Waals surface area (Å²) in [6.45, 7) is 1.87. The van der Waals surface area contributed by atoms with Gasteiger partial charge in [-0.3, -0.25) is 0 Å². The largest absolute Gasteiger partial charge is 0.462 e. The highest BCUT2D eigenvalue weighted by Gasteiger charge is 2.09. The van der Waals surface area contributed by atoms with E-state index in [0.717, 1.165) is 22.4 Å². The Balaban J connectivity index is 2.02. The van der Waals surface area contributed by atoms with Gasteiger partial charge in [0.05, 0.1) is 11.6 Å². The fraction of sp³-hybridized carbons (Fsp3) is 0.0769. The average molecular weight is 260 g/mol. The number of anilines is 2. The van der Waals surface area contributed by atoms with Crippen LogP contribution >= 0.6 is 11.6 Å². The normalized spacial score (nSPS) is 10.8. The van der Waals surface area contributed by atoms with E-state index in [-0.39, 0.29) is 0 Å². The molecule has 4 nitrogen and oxygen atoms in total. The fourth-order valence-corrected chi connectivity index (χ4v) is 1.89. The van der Waals surface area contributed by atoms with E-state index in [1.54, 1.807) is 6.26 Å². The lowest BCUT2D eigenvalue weighted by molar-refractivity contribution is 0.609. The molecule has 2 heterocycles. The van der Waals surface area contributed by atoms with Gasteiger partial charge in [0.25, 0.3) is 0 Å². The minimum Gasteiger partial charge on any atom is -0.462 e. The first-order valence-electron chi connectivity index (χ1n) is 5.47. The summed E-state index contributed by atoms with van der Waals surface area (Å²) in [6, 6.07) is 9.27. The Hall–Kier alpha value is -2.07. The van der Waals surface area contributed by atoms with Gasteiger partial charge in [0.15, 0.2) is 11.4 Å². The first-order valence-corrected chi connectivity index (χ1v) is 5.85. The Labute approximate surface area is 109 Å². The van der Waals surface area contributed by atoms with Gasteiger partial charge >= 0.3 is 0 Å². The second-order valence-electron chi connectivity index (χ2n) is 3.93. The Morgan fingerprint density at radius 3 is 2.67 bits per heavy atom. The molecule has 90 valence electrons. The highest BCUT2D eigenvalue weighted by atomic mass is 35.5. The predicted molar refractivity (Wildman–Crippen MR) is 71.3 cm³/mol. The molecule has 0 saturated carbocycles. The number of halogens is 1. The van der Waals surface area contributed by atoms with E-state index in [4.69, 9.17) is 16.0 Å². The van der Waals surface area contributed by atoms with Crippen molar-refractivity contribution < 1.29 is 4.42 Å². The lowest BCUT2D eigenvalue weighted by Gasteiger charge is -2.06. The highest BCUT2D eigenvalue weighted by Crippen LogP contribution is 2.26. The number of nitrogens with zero attached hydrogens (tertiary/aromatic N) is 2. The second-order valence-corrected chi connectivity index (χ2v) is 4.37. The maximum Gasteiger partial charge on any atom is 0.164 e. The first-order chi connectivity index (χ1) is 8.74. The molecule has 0 fully saturated rings. The van der Waals surface area contributed by atoms with Crippen LogP contribution in [-0.2, 0) is 0 Å². The van der Waals surface area contributed by atoms with E-state index in [0.29, 0.717) is 10.8 Å². The van der Waals surface area contributed by atoms with Crippen LogP contribution < -0.4 is 5.32 Å². The molecule has 3 aromatic rings. The van der Waals surface area contributed by atoms with Crippen LogP contribution in [0.25, 0.3) is 11.0 Å². The quantitative estimate of drug-likeness (QED) is 0.758. The highest BCUT2D eigenvalue weighted by molar-refractivity contribution is 6.30. The molecule has 0 aliphatic carbocycles. The molecule has 0 aliphatic heterocycles. The standard InChI is InChI=1S/C13H10ClN3O/c1-8-12-11(6-7-18-12)13(17-16-8)15-10-4-2-9(14)3-5-10/h2-7H,1H3,(H,15,17). The minimum atomic E-state index is 0.673. The predicted octanol–water partition coefficient (Wildman–Crippen LogP) is 3.93. The Morgan fingerprint density at radius 1 is 1.11 bits per heavy atom. The van der Waals surface area contributed by atoms with Crippen molar-refractivity contribution in [3.8, 4) is 0 Å². The van der Waals surface area contributed by atoms with E-state index in [2.05, 4.69) is 15.5 Å². The number of furan rings is 1. The maximum absolute atomic E-state index is 5.84. The van der Waals surface area contributed by atoms with Crippen LogP contribution in [0.2, 0.25) is 5.02 Å². The third-order valence-electron chi connectivity index (χ3n) is 2.66. The van der Waals surface area contributed by atoms with Gasteiger partial charge in [0.2, 0.25) is 0 Å². The van der Waals surface area contributed by atoms with Crippen molar-refractivity contribution in [3.63, 3.8) is 0 Å². The Bertz CT molecular complexity index is 691. The number of fused-ring (bicyclic) bond motifs is 1. The zero-order valence-corrected chi connectivity index (χ0v) is 10.4. The van der Waals surface area contributed by atoms with Crippen LogP contribution in [0.1, 0.15) is 5.69 Å². The molecule has 0 spiro atoms. The molecule has 18 heavy (non-hydrogen) atoms. The van der Waals surface area contributed by atoms with Gasteiger partial charge in [-0.2, -0.15) is 0 Å². The molecule has 0 radical (unpaired) electrons. The van der Waals surface area contributed by atoms with Gasteiger partial charge < -0.3 is 9.73 Å². The van der Waals surface area contributed by atoms with Crippen LogP contribution in [-0.4, -0.2) is 10.2 Å². The van der Waals surface area contributed by atoms with Gasteiger partial charge in [-0.05, 0) is 37.3 Å². The van der Waals surface area contributed by atoms with Crippen molar-refractivity contribution in [3.05, 3.63) is 47.3 Å². The molecule has 1 N–H and O–H groups in total. The molecule has 5 heteroatoms. The van der Waals surface area contributed by atoms with Crippen molar-refractivity contribution >= 4 is 34.1 Å². The molecular weight excluding hydrogens is 250 g/mol. The molecule has 0 amide bonds. The number of aromatic nitrogens is 2. The molecule has 0 atom stereocenters. The SMILES string of the molecule is Cc1nnc(Nc2ccc(Cl)cc2)c2ccoc12. The van der Waals surface area contributed by atoms with Crippen molar-refractivity contribution in [2.75, 3.05) is 5.32 Å². The van der Waals surface area contributed by atoms with Crippen LogP contribution in [0.4, 0.5) is 11.5 Å². The zero-order chi connectivity index (χ0) is 12.5. The Morgan fingerprint density at radius 2 is 1.89 bits per heavy atom. The topological polar surface area (TPSA) is 51.0 Å². The number of hydrogen-bond acceptors (Lipinski definition) is 4. The smallest absolute Gasteiger partial charge is 0.164 e. The van der Waals surface area contributed by atoms with E-state index >= 15 is 0 Å². The third kappa shape index (κ3) is 1.91. The molecule has 0 unspecified atom stereocenters. The van der Waals surface area contributed by atoms with Crippen molar-refractivity contribution in [1.82, 2.24) is 10.2 Å². The summed E-state index contributed by atoms with van der Waals surface area (Å²) in [7, 11) is 0. The summed E-state index contributed by atoms with van der Waals surface area (Å²) in [5, 5.41) is 13.0. The summed E-state index contributed by atoms with van der Waals surface area (Å²) in [6.07, 6.45) is 1.63. The van der Waals surface area contributed by atoms with Gasteiger partial charge in [-0.25, -0.2) is 0 Å². The summed E-state index contributed by atoms with van der Waals surface area (Å²) in [4.78, 5) is 0. The van der Waals surface area contributed by atoms with Crippen LogP contribution in [0.5, 0.6) is 0 Å². The molecule has 1 aromatic carbocycles. The fourth-order valence-electron chi connectivity index (χ4n) is 1.76. The zero-order valence-electron chi connectivity index (χ0n) is 9.64. The second kappa shape index (κ2) is 4.31. The van der Waals surface area contributed by atoms with Gasteiger partial charge in [0.1, 0.15) is 5.69 Å². The van der Waals surface area contributed by atoms with Gasteiger partial charge in [-0.1, -0.05) is 11.6 Å². The van der Waals surface area contributed by atoms with Gasteiger partial charge in [-0.15, -0.1) is 10.2 Å². The van der Waals surface area contributed by atoms with Gasteiger partial charge in [0, 0.05) is 10.7 Å². The van der Waals surface area contributed by atoms with Crippen LogP contribution in [0.15, 0.2) is 41.0 Å². The molecule has 3 rings (SSSR count). The molecule has 2 aromatic heterocycles. The molecule has 0 aliphatic rings. The van der Waals surface area contributed by atoms with E-state index in [9.17, 15) is 0 Å². The van der Waals surface area contributed by atoms with Crippen molar-refractivity contribution in [1.29, 1.82) is 0 Å². The minimum absolute atomic E-state index is 0.673. The van der Waals surface area contributed by atoms with E-state index < -0.39 is 0 Å². The average Bonchev–Trinajstić information content (AvgIpc) is 2.86. The summed E-state index contributed by atoms with van der Waals surface area (Å²) in [5.74, 6) is 0.673. The number of hydrogen-bond donors (Lipinski definition) is 1. The van der Waals surface area contributed by atoms with Crippen molar-refractivity contribution in [2.45, 2.75) is 6.92 Å². The lowest BCUT2D eigenvalue weighted by Crippen LogP contribution is -1.97. The molecule has 0 saturated heterocycles. The van der Waals surface area contributed by atoms with Crippen molar-refractivity contribution in [2.24, 2.45) is 0 Å². The first kappa shape index (κ1) is 11.0. The Kier molecular flexibility index (Phi) is 2.64. The lowest BCUT2D eigenvalue weighted by atomic mass is 10.2. The monoisotopic (exact) mass is 259 g/mol. The molecular formula is C13H10ClN3O. The summed E-state index contributed by atoms with van der Waals surface area (Å²) >= 11 is 5.84.